The van der Waals surface area contributed by atoms with Crippen molar-refractivity contribution >= 4 is 12.0 Å². The third kappa shape index (κ3) is 5.30. The molecule has 25 heavy (non-hydrogen) atoms. The molecule has 4 nitrogen and oxygen atoms in total. The lowest BCUT2D eigenvalue weighted by molar-refractivity contribution is -0.131. The van der Waals surface area contributed by atoms with Gasteiger partial charge in [0.1, 0.15) is 5.75 Å². The van der Waals surface area contributed by atoms with Gasteiger partial charge in [0, 0.05) is 18.9 Å². The predicted molar refractivity (Wildman–Crippen MR) is 99.8 cm³/mol. The molecule has 0 fully saturated rings. The Morgan fingerprint density at radius 2 is 1.92 bits per heavy atom. The summed E-state index contributed by atoms with van der Waals surface area (Å²) in [7, 11) is 0. The third-order valence-corrected chi connectivity index (χ3v) is 3.71. The number of esters is 1. The van der Waals surface area contributed by atoms with Crippen LogP contribution in [0.15, 0.2) is 48.5 Å². The molecule has 4 heteroatoms. The Morgan fingerprint density at radius 3 is 2.52 bits per heavy atom. The SMILES string of the molecule is CC/C=C/c1cc(-c2ccc(C[C@H](N)C#N)cc2)ccc1OC(C)=O. The molecule has 2 aromatic rings. The number of allylic oxidation sites excluding steroid dienone is 1. The van der Waals surface area contributed by atoms with Gasteiger partial charge in [-0.1, -0.05) is 49.4 Å². The Hall–Kier alpha value is -2.90. The topological polar surface area (TPSA) is 76.1 Å². The highest BCUT2D eigenvalue weighted by atomic mass is 16.5. The first kappa shape index (κ1) is 18.4. The van der Waals surface area contributed by atoms with Gasteiger partial charge in [-0.2, -0.15) is 5.26 Å². The van der Waals surface area contributed by atoms with Crippen LogP contribution in [0, 0.1) is 11.3 Å². The molecule has 2 aromatic carbocycles. The highest BCUT2D eigenvalue weighted by Gasteiger charge is 2.08. The molecule has 0 aliphatic carbocycles. The zero-order valence-corrected chi connectivity index (χ0v) is 14.5. The van der Waals surface area contributed by atoms with Crippen molar-refractivity contribution in [3.8, 4) is 22.9 Å². The molecule has 0 radical (unpaired) electrons. The van der Waals surface area contributed by atoms with Gasteiger partial charge in [0.05, 0.1) is 12.1 Å². The Labute approximate surface area is 148 Å². The second-order valence-corrected chi connectivity index (χ2v) is 5.79. The molecule has 0 unspecified atom stereocenters. The number of hydrogen-bond donors (Lipinski definition) is 1. The van der Waals surface area contributed by atoms with Crippen molar-refractivity contribution in [3.05, 3.63) is 59.7 Å². The van der Waals surface area contributed by atoms with Crippen molar-refractivity contribution in [2.45, 2.75) is 32.7 Å². The minimum Gasteiger partial charge on any atom is -0.426 e. The van der Waals surface area contributed by atoms with Crippen LogP contribution in [0.4, 0.5) is 0 Å². The van der Waals surface area contributed by atoms with Gasteiger partial charge < -0.3 is 10.5 Å². The van der Waals surface area contributed by atoms with E-state index in [9.17, 15) is 4.79 Å². The van der Waals surface area contributed by atoms with Crippen LogP contribution < -0.4 is 10.5 Å². The molecule has 2 rings (SSSR count). The Balaban J connectivity index is 2.31. The second-order valence-electron chi connectivity index (χ2n) is 5.79. The number of carbonyl (C=O) groups excluding carboxylic acids is 1. The summed E-state index contributed by atoms with van der Waals surface area (Å²) in [5, 5.41) is 8.80. The van der Waals surface area contributed by atoms with Gasteiger partial charge in [-0.05, 0) is 35.2 Å². The van der Waals surface area contributed by atoms with Gasteiger partial charge >= 0.3 is 5.97 Å². The van der Waals surface area contributed by atoms with Crippen molar-refractivity contribution in [3.63, 3.8) is 0 Å². The first-order valence-electron chi connectivity index (χ1n) is 8.27. The van der Waals surface area contributed by atoms with E-state index in [1.165, 1.54) is 6.92 Å². The van der Waals surface area contributed by atoms with Crippen LogP contribution >= 0.6 is 0 Å². The lowest BCUT2D eigenvalue weighted by atomic mass is 9.99. The molecule has 2 N–H and O–H groups in total. The first-order valence-corrected chi connectivity index (χ1v) is 8.27. The largest absolute Gasteiger partial charge is 0.426 e. The number of benzene rings is 2. The zero-order valence-electron chi connectivity index (χ0n) is 14.5. The van der Waals surface area contributed by atoms with Gasteiger partial charge in [0.15, 0.2) is 0 Å². The molecule has 0 bridgehead atoms. The van der Waals surface area contributed by atoms with Crippen LogP contribution in [0.2, 0.25) is 0 Å². The van der Waals surface area contributed by atoms with E-state index in [1.807, 2.05) is 60.7 Å². The van der Waals surface area contributed by atoms with E-state index in [1.54, 1.807) is 0 Å². The summed E-state index contributed by atoms with van der Waals surface area (Å²) in [6.45, 7) is 3.45. The summed E-state index contributed by atoms with van der Waals surface area (Å²) < 4.78 is 5.27. The molecule has 0 spiro atoms. The molecular formula is C21H22N2O2. The monoisotopic (exact) mass is 334 g/mol. The highest BCUT2D eigenvalue weighted by molar-refractivity contribution is 5.75. The van der Waals surface area contributed by atoms with Gasteiger partial charge in [0.25, 0.3) is 0 Å². The summed E-state index contributed by atoms with van der Waals surface area (Å²) >= 11 is 0. The summed E-state index contributed by atoms with van der Waals surface area (Å²) in [6, 6.07) is 15.3. The minimum atomic E-state index is -0.486. The average molecular weight is 334 g/mol. The molecule has 128 valence electrons. The molecule has 0 saturated heterocycles. The van der Waals surface area contributed by atoms with Crippen molar-refractivity contribution < 1.29 is 9.53 Å². The second kappa shape index (κ2) is 8.81. The number of hydrogen-bond acceptors (Lipinski definition) is 4. The number of ether oxygens (including phenoxy) is 1. The molecule has 0 aliphatic rings. The van der Waals surface area contributed by atoms with Crippen LogP contribution in [-0.4, -0.2) is 12.0 Å². The van der Waals surface area contributed by atoms with Crippen molar-refractivity contribution in [2.75, 3.05) is 0 Å². The minimum absolute atomic E-state index is 0.336. The fraction of sp³-hybridized carbons (Fsp3) is 0.238. The number of nitrogens with two attached hydrogens (primary N) is 1. The number of carbonyl (C=O) groups is 1. The van der Waals surface area contributed by atoms with Crippen LogP contribution in [0.1, 0.15) is 31.4 Å². The third-order valence-electron chi connectivity index (χ3n) is 3.71. The lowest BCUT2D eigenvalue weighted by Crippen LogP contribution is -2.19. The Morgan fingerprint density at radius 1 is 1.24 bits per heavy atom. The van der Waals surface area contributed by atoms with Crippen molar-refractivity contribution in [2.24, 2.45) is 5.73 Å². The maximum atomic E-state index is 11.3. The molecule has 0 aromatic heterocycles. The summed E-state index contributed by atoms with van der Waals surface area (Å²) in [5.41, 5.74) is 9.64. The average Bonchev–Trinajstić information content (AvgIpc) is 2.61. The predicted octanol–water partition coefficient (Wildman–Crippen LogP) is 4.10. The van der Waals surface area contributed by atoms with Crippen LogP contribution in [0.3, 0.4) is 0 Å². The van der Waals surface area contributed by atoms with E-state index >= 15 is 0 Å². The molecule has 0 heterocycles. The van der Waals surface area contributed by atoms with E-state index in [0.29, 0.717) is 12.2 Å². The highest BCUT2D eigenvalue weighted by Crippen LogP contribution is 2.28. The van der Waals surface area contributed by atoms with E-state index in [0.717, 1.165) is 28.7 Å². The number of rotatable bonds is 6. The van der Waals surface area contributed by atoms with Crippen molar-refractivity contribution in [1.29, 1.82) is 5.26 Å². The molecule has 0 amide bonds. The number of nitriles is 1. The fourth-order valence-electron chi connectivity index (χ4n) is 2.48. The van der Waals surface area contributed by atoms with Gasteiger partial charge in [-0.15, -0.1) is 0 Å². The Bertz CT molecular complexity index is 802. The molecule has 0 aliphatic heterocycles. The van der Waals surface area contributed by atoms with Crippen LogP contribution in [-0.2, 0) is 11.2 Å². The standard InChI is InChI=1S/C21H22N2O2/c1-3-4-5-19-13-18(10-11-21(19)25-15(2)24)17-8-6-16(7-9-17)12-20(23)14-22/h4-11,13,20H,3,12,23H2,1-2H3/b5-4+/t20-/m0/s1. The van der Waals surface area contributed by atoms with E-state index < -0.39 is 6.04 Å². The van der Waals surface area contributed by atoms with Gasteiger partial charge in [-0.3, -0.25) is 4.79 Å². The fourth-order valence-corrected chi connectivity index (χ4v) is 2.48. The molecular weight excluding hydrogens is 312 g/mol. The zero-order chi connectivity index (χ0) is 18.2. The van der Waals surface area contributed by atoms with E-state index in [-0.39, 0.29) is 5.97 Å². The molecule has 1 atom stereocenters. The Kier molecular flexibility index (Phi) is 6.50. The van der Waals surface area contributed by atoms with Crippen molar-refractivity contribution in [1.82, 2.24) is 0 Å². The van der Waals surface area contributed by atoms with E-state index in [4.69, 9.17) is 15.7 Å². The van der Waals surface area contributed by atoms with Crippen LogP contribution in [0.25, 0.3) is 17.2 Å². The number of nitrogens with zero attached hydrogens (tertiary/aromatic N) is 1. The lowest BCUT2D eigenvalue weighted by Gasteiger charge is -2.10. The van der Waals surface area contributed by atoms with Gasteiger partial charge in [0.2, 0.25) is 0 Å². The molecule has 0 saturated carbocycles. The maximum Gasteiger partial charge on any atom is 0.308 e. The summed E-state index contributed by atoms with van der Waals surface area (Å²) in [6.07, 6.45) is 5.42. The quantitative estimate of drug-likeness (QED) is 0.637. The first-order chi connectivity index (χ1) is 12.0. The van der Waals surface area contributed by atoms with Crippen LogP contribution in [0.5, 0.6) is 5.75 Å². The van der Waals surface area contributed by atoms with E-state index in [2.05, 4.69) is 6.92 Å². The summed E-state index contributed by atoms with van der Waals surface area (Å²) in [4.78, 5) is 11.3. The summed E-state index contributed by atoms with van der Waals surface area (Å²) in [5.74, 6) is 0.217. The van der Waals surface area contributed by atoms with Gasteiger partial charge in [-0.25, -0.2) is 0 Å². The normalized spacial score (nSPS) is 11.9. The smallest absolute Gasteiger partial charge is 0.308 e. The maximum absolute atomic E-state index is 11.3.